The minimum atomic E-state index is 0. The van der Waals surface area contributed by atoms with E-state index in [2.05, 4.69) is 41.8 Å². The molecule has 0 heterocycles. The predicted molar refractivity (Wildman–Crippen MR) is 114 cm³/mol. The number of aliphatic imine (C=N–C) groups is 1. The number of hydrogen-bond acceptors (Lipinski definition) is 3. The van der Waals surface area contributed by atoms with Crippen molar-refractivity contribution in [3.8, 4) is 5.75 Å². The number of aryl methyl sites for hydroxylation is 1. The Labute approximate surface area is 162 Å². The molecule has 0 saturated carbocycles. The zero-order chi connectivity index (χ0) is 16.0. The van der Waals surface area contributed by atoms with Gasteiger partial charge in [0.05, 0.1) is 6.54 Å². The summed E-state index contributed by atoms with van der Waals surface area (Å²) in [6.07, 6.45) is 4.50. The molecule has 0 unspecified atom stereocenters. The summed E-state index contributed by atoms with van der Waals surface area (Å²) in [7, 11) is 0. The quantitative estimate of drug-likeness (QED) is 0.247. The van der Waals surface area contributed by atoms with E-state index >= 15 is 0 Å². The Hall–Kier alpha value is -0.630. The Morgan fingerprint density at radius 2 is 2.09 bits per heavy atom. The van der Waals surface area contributed by atoms with Gasteiger partial charge in [-0.1, -0.05) is 12.1 Å². The van der Waals surface area contributed by atoms with Gasteiger partial charge in [0.1, 0.15) is 12.4 Å². The molecule has 0 atom stereocenters. The van der Waals surface area contributed by atoms with Crippen molar-refractivity contribution in [1.29, 1.82) is 0 Å². The van der Waals surface area contributed by atoms with Crippen molar-refractivity contribution >= 4 is 41.7 Å². The van der Waals surface area contributed by atoms with Crippen molar-refractivity contribution in [3.63, 3.8) is 0 Å². The number of thioether (sulfide) groups is 1. The SMILES string of the molecule is CCNC(=NCCCCSC)NCCOc1cccc(C)c1.I. The molecule has 0 radical (unpaired) electrons. The lowest BCUT2D eigenvalue weighted by molar-refractivity contribution is 0.321. The third-order valence-electron chi connectivity index (χ3n) is 3.02. The van der Waals surface area contributed by atoms with E-state index in [4.69, 9.17) is 4.74 Å². The Morgan fingerprint density at radius 3 is 2.78 bits per heavy atom. The number of ether oxygens (including phenoxy) is 1. The molecule has 6 heteroatoms. The molecule has 23 heavy (non-hydrogen) atoms. The number of rotatable bonds is 10. The standard InChI is InChI=1S/C17H29N3OS.HI/c1-4-18-17(19-10-5-6-13-22-3)20-11-12-21-16-9-7-8-15(2)14-16;/h7-9,14H,4-6,10-13H2,1-3H3,(H2,18,19,20);1H. The summed E-state index contributed by atoms with van der Waals surface area (Å²) in [5, 5.41) is 6.56. The van der Waals surface area contributed by atoms with Gasteiger partial charge in [-0.3, -0.25) is 4.99 Å². The van der Waals surface area contributed by atoms with E-state index in [1.165, 1.54) is 17.7 Å². The van der Waals surface area contributed by atoms with E-state index < -0.39 is 0 Å². The van der Waals surface area contributed by atoms with Gasteiger partial charge in [0.15, 0.2) is 5.96 Å². The first-order valence-corrected chi connectivity index (χ1v) is 9.36. The zero-order valence-electron chi connectivity index (χ0n) is 14.4. The van der Waals surface area contributed by atoms with Crippen LogP contribution in [0.4, 0.5) is 0 Å². The molecular weight excluding hydrogens is 421 g/mol. The van der Waals surface area contributed by atoms with Crippen LogP contribution in [0.15, 0.2) is 29.3 Å². The maximum atomic E-state index is 5.72. The summed E-state index contributed by atoms with van der Waals surface area (Å²) < 4.78 is 5.72. The van der Waals surface area contributed by atoms with Gasteiger partial charge < -0.3 is 15.4 Å². The topological polar surface area (TPSA) is 45.7 Å². The van der Waals surface area contributed by atoms with Gasteiger partial charge in [0, 0.05) is 13.1 Å². The van der Waals surface area contributed by atoms with Crippen molar-refractivity contribution in [2.75, 3.05) is 38.2 Å². The summed E-state index contributed by atoms with van der Waals surface area (Å²) in [4.78, 5) is 4.57. The highest BCUT2D eigenvalue weighted by molar-refractivity contribution is 14.0. The van der Waals surface area contributed by atoms with Crippen LogP contribution in [0.25, 0.3) is 0 Å². The maximum Gasteiger partial charge on any atom is 0.191 e. The summed E-state index contributed by atoms with van der Waals surface area (Å²) in [6, 6.07) is 8.11. The second-order valence-corrected chi connectivity index (χ2v) is 6.04. The Balaban J connectivity index is 0.00000484. The largest absolute Gasteiger partial charge is 0.492 e. The first-order chi connectivity index (χ1) is 10.8. The second-order valence-electron chi connectivity index (χ2n) is 5.05. The zero-order valence-corrected chi connectivity index (χ0v) is 17.6. The fourth-order valence-electron chi connectivity index (χ4n) is 1.93. The van der Waals surface area contributed by atoms with E-state index in [9.17, 15) is 0 Å². The number of nitrogens with one attached hydrogen (secondary N) is 2. The molecule has 0 spiro atoms. The van der Waals surface area contributed by atoms with Crippen molar-refractivity contribution < 1.29 is 4.74 Å². The smallest absolute Gasteiger partial charge is 0.191 e. The lowest BCUT2D eigenvalue weighted by atomic mass is 10.2. The average Bonchev–Trinajstić information content (AvgIpc) is 2.51. The van der Waals surface area contributed by atoms with E-state index in [-0.39, 0.29) is 24.0 Å². The number of halogens is 1. The molecule has 0 aliphatic carbocycles. The molecule has 1 aromatic carbocycles. The minimum absolute atomic E-state index is 0. The van der Waals surface area contributed by atoms with Gasteiger partial charge >= 0.3 is 0 Å². The van der Waals surface area contributed by atoms with Crippen LogP contribution in [0.1, 0.15) is 25.3 Å². The van der Waals surface area contributed by atoms with Gasteiger partial charge in [-0.15, -0.1) is 24.0 Å². The highest BCUT2D eigenvalue weighted by Crippen LogP contribution is 2.11. The second kappa shape index (κ2) is 14.9. The number of nitrogens with zero attached hydrogens (tertiary/aromatic N) is 1. The molecule has 1 rings (SSSR count). The van der Waals surface area contributed by atoms with Crippen LogP contribution >= 0.6 is 35.7 Å². The fourth-order valence-corrected chi connectivity index (χ4v) is 2.43. The molecule has 4 nitrogen and oxygen atoms in total. The lowest BCUT2D eigenvalue weighted by Gasteiger charge is -2.12. The van der Waals surface area contributed by atoms with Gasteiger partial charge in [0.2, 0.25) is 0 Å². The van der Waals surface area contributed by atoms with Crippen molar-refractivity contribution in [1.82, 2.24) is 10.6 Å². The Kier molecular flexibility index (Phi) is 14.5. The number of unbranched alkanes of at least 4 members (excludes halogenated alkanes) is 1. The van der Waals surface area contributed by atoms with Crippen LogP contribution in [-0.4, -0.2) is 44.2 Å². The number of benzene rings is 1. The average molecular weight is 451 g/mol. The summed E-state index contributed by atoms with van der Waals surface area (Å²) in [5.74, 6) is 3.00. The van der Waals surface area contributed by atoms with Gasteiger partial charge in [0.25, 0.3) is 0 Å². The predicted octanol–water partition coefficient (Wildman–Crippen LogP) is 3.69. The Morgan fingerprint density at radius 1 is 1.26 bits per heavy atom. The number of guanidine groups is 1. The van der Waals surface area contributed by atoms with E-state index in [0.717, 1.165) is 37.8 Å². The lowest BCUT2D eigenvalue weighted by Crippen LogP contribution is -2.39. The van der Waals surface area contributed by atoms with E-state index in [1.807, 2.05) is 30.0 Å². The molecule has 0 aromatic heterocycles. The summed E-state index contributed by atoms with van der Waals surface area (Å²) in [5.41, 5.74) is 1.21. The van der Waals surface area contributed by atoms with Crippen LogP contribution in [-0.2, 0) is 0 Å². The van der Waals surface area contributed by atoms with Crippen molar-refractivity contribution in [3.05, 3.63) is 29.8 Å². The molecule has 0 aliphatic heterocycles. The first-order valence-electron chi connectivity index (χ1n) is 7.97. The van der Waals surface area contributed by atoms with Crippen molar-refractivity contribution in [2.24, 2.45) is 4.99 Å². The molecule has 0 aliphatic rings. The summed E-state index contributed by atoms with van der Waals surface area (Å²) >= 11 is 1.89. The van der Waals surface area contributed by atoms with Gasteiger partial charge in [-0.2, -0.15) is 11.8 Å². The normalized spacial score (nSPS) is 10.8. The highest BCUT2D eigenvalue weighted by Gasteiger charge is 1.98. The molecule has 1 aromatic rings. The molecule has 0 fully saturated rings. The van der Waals surface area contributed by atoms with E-state index in [0.29, 0.717) is 6.61 Å². The maximum absolute atomic E-state index is 5.72. The molecule has 0 bridgehead atoms. The molecule has 2 N–H and O–H groups in total. The summed E-state index contributed by atoms with van der Waals surface area (Å²) in [6.45, 7) is 7.25. The first kappa shape index (κ1) is 22.4. The highest BCUT2D eigenvalue weighted by atomic mass is 127. The van der Waals surface area contributed by atoms with Crippen LogP contribution in [0.3, 0.4) is 0 Å². The molecule has 132 valence electrons. The number of hydrogen-bond donors (Lipinski definition) is 2. The van der Waals surface area contributed by atoms with Crippen LogP contribution in [0.5, 0.6) is 5.75 Å². The Bertz CT molecular complexity index is 444. The van der Waals surface area contributed by atoms with E-state index in [1.54, 1.807) is 0 Å². The molecule has 0 amide bonds. The van der Waals surface area contributed by atoms with Crippen LogP contribution in [0, 0.1) is 6.92 Å². The van der Waals surface area contributed by atoms with Gasteiger partial charge in [-0.05, 0) is 56.4 Å². The molecular formula is C17H30IN3OS. The third-order valence-corrected chi connectivity index (χ3v) is 3.72. The van der Waals surface area contributed by atoms with Crippen LogP contribution < -0.4 is 15.4 Å². The third kappa shape index (κ3) is 11.5. The van der Waals surface area contributed by atoms with Crippen molar-refractivity contribution in [2.45, 2.75) is 26.7 Å². The van der Waals surface area contributed by atoms with Gasteiger partial charge in [-0.25, -0.2) is 0 Å². The fraction of sp³-hybridized carbons (Fsp3) is 0.588. The molecule has 0 saturated heterocycles. The van der Waals surface area contributed by atoms with Crippen LogP contribution in [0.2, 0.25) is 0 Å². The monoisotopic (exact) mass is 451 g/mol. The minimum Gasteiger partial charge on any atom is -0.492 e.